The van der Waals surface area contributed by atoms with E-state index in [4.69, 9.17) is 21.1 Å². The molecule has 0 aliphatic carbocycles. The zero-order valence-corrected chi connectivity index (χ0v) is 18.6. The molecule has 8 nitrogen and oxygen atoms in total. The van der Waals surface area contributed by atoms with Crippen LogP contribution in [0.2, 0.25) is 5.02 Å². The number of benzene rings is 1. The Labute approximate surface area is 192 Å². The second kappa shape index (κ2) is 10.7. The summed E-state index contributed by atoms with van der Waals surface area (Å²) in [6, 6.07) is 10.5. The van der Waals surface area contributed by atoms with E-state index in [1.807, 2.05) is 4.90 Å². The maximum absolute atomic E-state index is 12.8. The fourth-order valence-corrected chi connectivity index (χ4v) is 4.07. The van der Waals surface area contributed by atoms with E-state index in [2.05, 4.69) is 10.3 Å². The van der Waals surface area contributed by atoms with Crippen molar-refractivity contribution in [2.24, 2.45) is 0 Å². The molecule has 1 N–H and O–H groups in total. The Bertz CT molecular complexity index is 943. The molecule has 9 heteroatoms. The molecule has 0 radical (unpaired) electrons. The third-order valence-corrected chi connectivity index (χ3v) is 5.87. The second-order valence-electron chi connectivity index (χ2n) is 7.83. The van der Waals surface area contributed by atoms with Crippen molar-refractivity contribution in [3.05, 3.63) is 53.2 Å². The predicted molar refractivity (Wildman–Crippen MR) is 121 cm³/mol. The van der Waals surface area contributed by atoms with Crippen LogP contribution < -0.4 is 15.0 Å². The summed E-state index contributed by atoms with van der Waals surface area (Å²) in [7, 11) is 0. The van der Waals surface area contributed by atoms with Gasteiger partial charge in [-0.05, 0) is 43.2 Å². The number of carbonyl (C=O) groups excluding carboxylic acids is 2. The lowest BCUT2D eigenvalue weighted by Crippen LogP contribution is -2.50. The molecule has 1 aromatic heterocycles. The van der Waals surface area contributed by atoms with Gasteiger partial charge in [0.1, 0.15) is 11.6 Å². The molecule has 2 aliphatic heterocycles. The number of ether oxygens (including phenoxy) is 2. The highest BCUT2D eigenvalue weighted by Crippen LogP contribution is 2.20. The molecule has 1 unspecified atom stereocenters. The first-order chi connectivity index (χ1) is 15.6. The first-order valence-electron chi connectivity index (χ1n) is 10.9. The van der Waals surface area contributed by atoms with Crippen LogP contribution in [0.15, 0.2) is 42.6 Å². The lowest BCUT2D eigenvalue weighted by molar-refractivity contribution is -0.133. The molecule has 170 valence electrons. The molecule has 0 saturated carbocycles. The third kappa shape index (κ3) is 5.69. The minimum atomic E-state index is -0.156. The number of nitrogens with one attached hydrogen (secondary N) is 1. The SMILES string of the molecule is O=C(NCC1CCCO1)c1cccnc1N1CCN(C(=O)COc2cccc(Cl)c2)CC1. The average Bonchev–Trinajstić information content (AvgIpc) is 3.35. The van der Waals surface area contributed by atoms with Gasteiger partial charge in [0.2, 0.25) is 0 Å². The molecule has 1 atom stereocenters. The van der Waals surface area contributed by atoms with Crippen molar-refractivity contribution in [1.82, 2.24) is 15.2 Å². The Morgan fingerprint density at radius 1 is 1.19 bits per heavy atom. The van der Waals surface area contributed by atoms with Crippen LogP contribution in [-0.4, -0.2) is 73.7 Å². The Kier molecular flexibility index (Phi) is 7.44. The van der Waals surface area contributed by atoms with Crippen molar-refractivity contribution in [2.75, 3.05) is 50.8 Å². The fraction of sp³-hybridized carbons (Fsp3) is 0.435. The normalized spacial score (nSPS) is 18.5. The van der Waals surface area contributed by atoms with Crippen LogP contribution in [0.25, 0.3) is 0 Å². The lowest BCUT2D eigenvalue weighted by Gasteiger charge is -2.36. The molecule has 4 rings (SSSR count). The molecule has 2 saturated heterocycles. The van der Waals surface area contributed by atoms with E-state index in [1.54, 1.807) is 47.5 Å². The van der Waals surface area contributed by atoms with Gasteiger partial charge in [0.05, 0.1) is 11.7 Å². The molecule has 0 bridgehead atoms. The maximum atomic E-state index is 12.8. The van der Waals surface area contributed by atoms with Gasteiger partial charge >= 0.3 is 0 Å². The molecule has 2 aliphatic rings. The summed E-state index contributed by atoms with van der Waals surface area (Å²) in [5.41, 5.74) is 0.537. The minimum Gasteiger partial charge on any atom is -0.484 e. The molecule has 0 spiro atoms. The smallest absolute Gasteiger partial charge is 0.260 e. The predicted octanol–water partition coefficient (Wildman–Crippen LogP) is 2.37. The summed E-state index contributed by atoms with van der Waals surface area (Å²) < 4.78 is 11.1. The lowest BCUT2D eigenvalue weighted by atomic mass is 10.2. The first-order valence-corrected chi connectivity index (χ1v) is 11.2. The number of hydrogen-bond acceptors (Lipinski definition) is 6. The average molecular weight is 459 g/mol. The van der Waals surface area contributed by atoms with E-state index >= 15 is 0 Å². The number of amides is 2. The molecule has 2 amide bonds. The van der Waals surface area contributed by atoms with Crippen molar-refractivity contribution in [2.45, 2.75) is 18.9 Å². The van der Waals surface area contributed by atoms with Crippen LogP contribution in [0.1, 0.15) is 23.2 Å². The quantitative estimate of drug-likeness (QED) is 0.685. The van der Waals surface area contributed by atoms with E-state index in [-0.39, 0.29) is 24.5 Å². The molecule has 2 fully saturated rings. The van der Waals surface area contributed by atoms with Crippen LogP contribution >= 0.6 is 11.6 Å². The summed E-state index contributed by atoms with van der Waals surface area (Å²) in [6.07, 6.45) is 3.77. The summed E-state index contributed by atoms with van der Waals surface area (Å²) >= 11 is 5.95. The molecular weight excluding hydrogens is 432 g/mol. The summed E-state index contributed by atoms with van der Waals surface area (Å²) in [5, 5.41) is 3.53. The Morgan fingerprint density at radius 3 is 2.78 bits per heavy atom. The Hall–Kier alpha value is -2.84. The van der Waals surface area contributed by atoms with Crippen molar-refractivity contribution < 1.29 is 19.1 Å². The van der Waals surface area contributed by atoms with Crippen LogP contribution in [0.4, 0.5) is 5.82 Å². The fourth-order valence-electron chi connectivity index (χ4n) is 3.89. The van der Waals surface area contributed by atoms with Gasteiger partial charge in [0, 0.05) is 50.6 Å². The Morgan fingerprint density at radius 2 is 2.03 bits per heavy atom. The van der Waals surface area contributed by atoms with E-state index in [0.29, 0.717) is 54.9 Å². The number of piperazine rings is 1. The monoisotopic (exact) mass is 458 g/mol. The number of rotatable bonds is 7. The van der Waals surface area contributed by atoms with Crippen LogP contribution in [0.5, 0.6) is 5.75 Å². The number of carbonyl (C=O) groups is 2. The number of pyridine rings is 1. The minimum absolute atomic E-state index is 0.0409. The Balaban J connectivity index is 1.30. The van der Waals surface area contributed by atoms with Gasteiger partial charge in [0.25, 0.3) is 11.8 Å². The number of anilines is 1. The number of hydrogen-bond donors (Lipinski definition) is 1. The first kappa shape index (κ1) is 22.4. The van der Waals surface area contributed by atoms with Gasteiger partial charge in [-0.1, -0.05) is 17.7 Å². The number of nitrogens with zero attached hydrogens (tertiary/aromatic N) is 3. The van der Waals surface area contributed by atoms with Crippen LogP contribution in [0.3, 0.4) is 0 Å². The summed E-state index contributed by atoms with van der Waals surface area (Å²) in [6.45, 7) is 3.46. The molecule has 1 aromatic carbocycles. The van der Waals surface area contributed by atoms with Crippen LogP contribution in [0, 0.1) is 0 Å². The highest BCUT2D eigenvalue weighted by molar-refractivity contribution is 6.30. The summed E-state index contributed by atoms with van der Waals surface area (Å²) in [5.74, 6) is 0.966. The molecule has 3 heterocycles. The van der Waals surface area contributed by atoms with Crippen molar-refractivity contribution in [1.29, 1.82) is 0 Å². The zero-order chi connectivity index (χ0) is 22.3. The maximum Gasteiger partial charge on any atom is 0.260 e. The van der Waals surface area contributed by atoms with E-state index in [1.165, 1.54) is 0 Å². The van der Waals surface area contributed by atoms with E-state index in [9.17, 15) is 9.59 Å². The molecule has 2 aromatic rings. The van der Waals surface area contributed by atoms with Gasteiger partial charge < -0.3 is 24.6 Å². The van der Waals surface area contributed by atoms with Crippen LogP contribution in [-0.2, 0) is 9.53 Å². The standard InChI is InChI=1S/C23H27ClN4O4/c24-17-4-1-5-18(14-17)32-16-21(29)27-9-11-28(12-10-27)22-20(7-2-8-25-22)23(30)26-15-19-6-3-13-31-19/h1-2,4-5,7-8,14,19H,3,6,9-13,15-16H2,(H,26,30). The highest BCUT2D eigenvalue weighted by atomic mass is 35.5. The van der Waals surface area contributed by atoms with Gasteiger partial charge in [-0.25, -0.2) is 4.98 Å². The van der Waals surface area contributed by atoms with Crippen molar-refractivity contribution in [3.8, 4) is 5.75 Å². The zero-order valence-electron chi connectivity index (χ0n) is 17.8. The van der Waals surface area contributed by atoms with E-state index < -0.39 is 0 Å². The second-order valence-corrected chi connectivity index (χ2v) is 8.27. The number of aromatic nitrogens is 1. The van der Waals surface area contributed by atoms with Gasteiger partial charge in [0.15, 0.2) is 6.61 Å². The van der Waals surface area contributed by atoms with Gasteiger partial charge in [-0.2, -0.15) is 0 Å². The van der Waals surface area contributed by atoms with Crippen molar-refractivity contribution in [3.63, 3.8) is 0 Å². The topological polar surface area (TPSA) is 84.0 Å². The third-order valence-electron chi connectivity index (χ3n) is 5.64. The number of halogens is 1. The largest absolute Gasteiger partial charge is 0.484 e. The van der Waals surface area contributed by atoms with Crippen molar-refractivity contribution >= 4 is 29.2 Å². The highest BCUT2D eigenvalue weighted by Gasteiger charge is 2.25. The van der Waals surface area contributed by atoms with Gasteiger partial charge in [-0.15, -0.1) is 0 Å². The molecular formula is C23H27ClN4O4. The molecule has 32 heavy (non-hydrogen) atoms. The van der Waals surface area contributed by atoms with E-state index in [0.717, 1.165) is 19.4 Å². The van der Waals surface area contributed by atoms with Gasteiger partial charge in [-0.3, -0.25) is 9.59 Å². The summed E-state index contributed by atoms with van der Waals surface area (Å²) in [4.78, 5) is 33.6.